The Morgan fingerprint density at radius 1 is 0.739 bits per heavy atom. The van der Waals surface area contributed by atoms with Crippen molar-refractivity contribution in [3.63, 3.8) is 0 Å². The van der Waals surface area contributed by atoms with E-state index in [-0.39, 0.29) is 16.7 Å². The number of alkyl halides is 6. The molecule has 0 nitrogen and oxygen atoms in total. The Balaban J connectivity index is 2.82. The fourth-order valence-electron chi connectivity index (χ4n) is 2.33. The van der Waals surface area contributed by atoms with Crippen LogP contribution in [0, 0.1) is 19.7 Å². The van der Waals surface area contributed by atoms with Gasteiger partial charge in [0.1, 0.15) is 5.82 Å². The summed E-state index contributed by atoms with van der Waals surface area (Å²) in [5, 5.41) is 0. The normalized spacial score (nSPS) is 12.6. The van der Waals surface area contributed by atoms with E-state index in [2.05, 4.69) is 0 Å². The molecule has 2 rings (SSSR count). The summed E-state index contributed by atoms with van der Waals surface area (Å²) in [7, 11) is 0. The SMILES string of the molecule is Cc1cc(F)c(C(F)(F)F)c(-c2cc(C(F)(F)F)ccc2C)c1. The van der Waals surface area contributed by atoms with E-state index >= 15 is 0 Å². The summed E-state index contributed by atoms with van der Waals surface area (Å²) in [6.45, 7) is 2.74. The average Bonchev–Trinajstić information content (AvgIpc) is 2.34. The van der Waals surface area contributed by atoms with Crippen LogP contribution in [0.4, 0.5) is 30.7 Å². The number of rotatable bonds is 1. The van der Waals surface area contributed by atoms with Crippen LogP contribution in [0.5, 0.6) is 0 Å². The first-order chi connectivity index (χ1) is 10.4. The highest BCUT2D eigenvalue weighted by Gasteiger charge is 2.38. The minimum absolute atomic E-state index is 0.183. The second-order valence-electron chi connectivity index (χ2n) is 5.19. The van der Waals surface area contributed by atoms with Gasteiger partial charge in [-0.15, -0.1) is 0 Å². The van der Waals surface area contributed by atoms with E-state index < -0.39 is 34.9 Å². The highest BCUT2D eigenvalue weighted by Crippen LogP contribution is 2.42. The Morgan fingerprint density at radius 3 is 1.87 bits per heavy atom. The lowest BCUT2D eigenvalue weighted by Gasteiger charge is -2.18. The van der Waals surface area contributed by atoms with Gasteiger partial charge in [-0.25, -0.2) is 4.39 Å². The molecular formula is C16H11F7. The Morgan fingerprint density at radius 2 is 1.35 bits per heavy atom. The number of hydrogen-bond donors (Lipinski definition) is 0. The van der Waals surface area contributed by atoms with Crippen molar-refractivity contribution in [1.29, 1.82) is 0 Å². The summed E-state index contributed by atoms with van der Waals surface area (Å²) in [4.78, 5) is 0. The summed E-state index contributed by atoms with van der Waals surface area (Å²) in [6.07, 6.45) is -9.73. The predicted molar refractivity (Wildman–Crippen MR) is 71.3 cm³/mol. The first-order valence-electron chi connectivity index (χ1n) is 6.47. The summed E-state index contributed by atoms with van der Waals surface area (Å²) in [5.74, 6) is -1.51. The van der Waals surface area contributed by atoms with E-state index in [9.17, 15) is 30.7 Å². The van der Waals surface area contributed by atoms with Crippen LogP contribution in [0.3, 0.4) is 0 Å². The van der Waals surface area contributed by atoms with E-state index in [1.165, 1.54) is 13.8 Å². The van der Waals surface area contributed by atoms with Crippen molar-refractivity contribution >= 4 is 0 Å². The van der Waals surface area contributed by atoms with E-state index in [0.29, 0.717) is 12.1 Å². The summed E-state index contributed by atoms with van der Waals surface area (Å²) in [6, 6.07) is 4.19. The quantitative estimate of drug-likeness (QED) is 0.548. The zero-order valence-electron chi connectivity index (χ0n) is 12.0. The lowest BCUT2D eigenvalue weighted by atomic mass is 9.92. The molecule has 0 saturated heterocycles. The van der Waals surface area contributed by atoms with Gasteiger partial charge in [0.25, 0.3) is 0 Å². The zero-order valence-corrected chi connectivity index (χ0v) is 12.0. The molecule has 0 fully saturated rings. The van der Waals surface area contributed by atoms with Crippen LogP contribution in [0.15, 0.2) is 30.3 Å². The first-order valence-corrected chi connectivity index (χ1v) is 6.47. The molecule has 2 aromatic carbocycles. The Bertz CT molecular complexity index is 739. The van der Waals surface area contributed by atoms with Crippen LogP contribution in [0.1, 0.15) is 22.3 Å². The van der Waals surface area contributed by atoms with Gasteiger partial charge in [0.2, 0.25) is 0 Å². The summed E-state index contributed by atoms with van der Waals surface area (Å²) in [5.41, 5.74) is -3.18. The van der Waals surface area contributed by atoms with E-state index in [0.717, 1.165) is 18.2 Å². The predicted octanol–water partition coefficient (Wildman–Crippen LogP) is 6.15. The second kappa shape index (κ2) is 5.54. The van der Waals surface area contributed by atoms with Gasteiger partial charge < -0.3 is 0 Å². The fourth-order valence-corrected chi connectivity index (χ4v) is 2.33. The minimum atomic E-state index is -5.02. The van der Waals surface area contributed by atoms with Crippen LogP contribution in [-0.4, -0.2) is 0 Å². The molecule has 23 heavy (non-hydrogen) atoms. The van der Waals surface area contributed by atoms with Crippen molar-refractivity contribution in [2.24, 2.45) is 0 Å². The van der Waals surface area contributed by atoms with E-state index in [4.69, 9.17) is 0 Å². The number of aryl methyl sites for hydroxylation is 2. The molecule has 0 N–H and O–H groups in total. The van der Waals surface area contributed by atoms with Crippen LogP contribution < -0.4 is 0 Å². The van der Waals surface area contributed by atoms with Crippen molar-refractivity contribution < 1.29 is 30.7 Å². The van der Waals surface area contributed by atoms with Gasteiger partial charge in [-0.3, -0.25) is 0 Å². The Kier molecular flexibility index (Phi) is 4.17. The average molecular weight is 336 g/mol. The smallest absolute Gasteiger partial charge is 0.206 e. The molecule has 0 atom stereocenters. The van der Waals surface area contributed by atoms with Gasteiger partial charge in [-0.2, -0.15) is 26.3 Å². The third-order valence-corrected chi connectivity index (χ3v) is 3.37. The van der Waals surface area contributed by atoms with Crippen LogP contribution in [0.2, 0.25) is 0 Å². The summed E-state index contributed by atoms with van der Waals surface area (Å²) >= 11 is 0. The standard InChI is InChI=1S/C16H11F7/c1-8-5-12(14(13(17)6-8)16(21,22)23)11-7-10(15(18,19)20)4-3-9(11)2/h3-7H,1-2H3. The third kappa shape index (κ3) is 3.48. The van der Waals surface area contributed by atoms with Gasteiger partial charge in [0.15, 0.2) is 0 Å². The monoisotopic (exact) mass is 336 g/mol. The van der Waals surface area contributed by atoms with Crippen molar-refractivity contribution in [3.8, 4) is 11.1 Å². The van der Waals surface area contributed by atoms with E-state index in [1.807, 2.05) is 0 Å². The molecule has 0 heterocycles. The maximum absolute atomic E-state index is 13.8. The van der Waals surface area contributed by atoms with Gasteiger partial charge in [-0.05, 0) is 54.3 Å². The molecule has 2 aromatic rings. The molecule has 0 aliphatic carbocycles. The second-order valence-corrected chi connectivity index (χ2v) is 5.19. The fraction of sp³-hybridized carbons (Fsp3) is 0.250. The van der Waals surface area contributed by atoms with Gasteiger partial charge in [-0.1, -0.05) is 12.1 Å². The van der Waals surface area contributed by atoms with Crippen LogP contribution >= 0.6 is 0 Å². The van der Waals surface area contributed by atoms with Crippen molar-refractivity contribution in [2.45, 2.75) is 26.2 Å². The van der Waals surface area contributed by atoms with Crippen LogP contribution in [-0.2, 0) is 12.4 Å². The molecule has 7 heteroatoms. The van der Waals surface area contributed by atoms with Crippen LogP contribution in [0.25, 0.3) is 11.1 Å². The molecule has 0 aliphatic rings. The summed E-state index contributed by atoms with van der Waals surface area (Å²) < 4.78 is 91.6. The molecule has 0 saturated carbocycles. The van der Waals surface area contributed by atoms with Gasteiger partial charge in [0.05, 0.1) is 11.1 Å². The molecule has 0 bridgehead atoms. The highest BCUT2D eigenvalue weighted by atomic mass is 19.4. The number of benzene rings is 2. The molecular weight excluding hydrogens is 325 g/mol. The minimum Gasteiger partial charge on any atom is -0.206 e. The maximum Gasteiger partial charge on any atom is 0.419 e. The Hall–Kier alpha value is -2.05. The van der Waals surface area contributed by atoms with E-state index in [1.54, 1.807) is 0 Å². The number of halogens is 7. The molecule has 0 aliphatic heterocycles. The molecule has 0 amide bonds. The molecule has 0 aromatic heterocycles. The van der Waals surface area contributed by atoms with Crippen molar-refractivity contribution in [2.75, 3.05) is 0 Å². The molecule has 124 valence electrons. The highest BCUT2D eigenvalue weighted by molar-refractivity contribution is 5.73. The lowest BCUT2D eigenvalue weighted by Crippen LogP contribution is -2.12. The van der Waals surface area contributed by atoms with Crippen molar-refractivity contribution in [3.05, 3.63) is 58.4 Å². The van der Waals surface area contributed by atoms with Gasteiger partial charge >= 0.3 is 12.4 Å². The third-order valence-electron chi connectivity index (χ3n) is 3.37. The molecule has 0 unspecified atom stereocenters. The molecule has 0 radical (unpaired) electrons. The zero-order chi connectivity index (χ0) is 17.6. The topological polar surface area (TPSA) is 0 Å². The Labute approximate surface area is 127 Å². The lowest BCUT2D eigenvalue weighted by molar-refractivity contribution is -0.139. The van der Waals surface area contributed by atoms with Crippen molar-refractivity contribution in [1.82, 2.24) is 0 Å². The number of hydrogen-bond acceptors (Lipinski definition) is 0. The maximum atomic E-state index is 13.8. The van der Waals surface area contributed by atoms with Gasteiger partial charge in [0, 0.05) is 0 Å². The molecule has 0 spiro atoms. The largest absolute Gasteiger partial charge is 0.419 e. The first kappa shape index (κ1) is 17.3.